The van der Waals surface area contributed by atoms with Crippen LogP contribution in [0, 0.1) is 6.92 Å². The van der Waals surface area contributed by atoms with Gasteiger partial charge in [0, 0.05) is 0 Å². The molecule has 12 heavy (non-hydrogen) atoms. The SMILES string of the molecule is C=CCC(CO)n1cnnc1C. The van der Waals surface area contributed by atoms with E-state index in [1.807, 2.05) is 11.5 Å². The van der Waals surface area contributed by atoms with Crippen molar-refractivity contribution in [2.24, 2.45) is 0 Å². The Bertz CT molecular complexity index is 257. The molecule has 1 N–H and O–H groups in total. The van der Waals surface area contributed by atoms with E-state index in [1.54, 1.807) is 12.4 Å². The molecule has 0 saturated carbocycles. The molecule has 4 nitrogen and oxygen atoms in total. The quantitative estimate of drug-likeness (QED) is 0.671. The molecule has 0 aliphatic carbocycles. The zero-order chi connectivity index (χ0) is 8.97. The maximum Gasteiger partial charge on any atom is 0.129 e. The Morgan fingerprint density at radius 2 is 2.58 bits per heavy atom. The highest BCUT2D eigenvalue weighted by Gasteiger charge is 2.09. The van der Waals surface area contributed by atoms with Crippen molar-refractivity contribution in [3.05, 3.63) is 24.8 Å². The maximum atomic E-state index is 9.03. The summed E-state index contributed by atoms with van der Waals surface area (Å²) >= 11 is 0. The molecular formula is C8H13N3O. The van der Waals surface area contributed by atoms with Crippen molar-refractivity contribution < 1.29 is 5.11 Å². The number of hydrogen-bond acceptors (Lipinski definition) is 3. The van der Waals surface area contributed by atoms with Crippen LogP contribution in [0.3, 0.4) is 0 Å². The molecule has 0 bridgehead atoms. The lowest BCUT2D eigenvalue weighted by Crippen LogP contribution is -2.13. The molecule has 0 saturated heterocycles. The Kier molecular flexibility index (Phi) is 2.99. The van der Waals surface area contributed by atoms with Crippen LogP contribution >= 0.6 is 0 Å². The Morgan fingerprint density at radius 1 is 1.83 bits per heavy atom. The minimum absolute atomic E-state index is 0.0255. The van der Waals surface area contributed by atoms with Gasteiger partial charge in [0.1, 0.15) is 12.2 Å². The van der Waals surface area contributed by atoms with Crippen LogP contribution in [0.25, 0.3) is 0 Å². The lowest BCUT2D eigenvalue weighted by atomic mass is 10.2. The number of rotatable bonds is 4. The van der Waals surface area contributed by atoms with E-state index in [9.17, 15) is 0 Å². The first-order valence-corrected chi connectivity index (χ1v) is 3.87. The molecule has 1 heterocycles. The number of allylic oxidation sites excluding steroid dienone is 1. The molecule has 1 unspecified atom stereocenters. The highest BCUT2D eigenvalue weighted by molar-refractivity contribution is 4.88. The summed E-state index contributed by atoms with van der Waals surface area (Å²) in [6.45, 7) is 5.57. The molecule has 1 aromatic rings. The van der Waals surface area contributed by atoms with Crippen molar-refractivity contribution in [3.8, 4) is 0 Å². The molecule has 0 aliphatic rings. The second-order valence-corrected chi connectivity index (χ2v) is 2.65. The van der Waals surface area contributed by atoms with Crippen LogP contribution in [0.4, 0.5) is 0 Å². The van der Waals surface area contributed by atoms with Crippen LogP contribution in [0.15, 0.2) is 19.0 Å². The summed E-state index contributed by atoms with van der Waals surface area (Å²) in [5, 5.41) is 16.6. The average molecular weight is 167 g/mol. The predicted octanol–water partition coefficient (Wildman–Crippen LogP) is 0.696. The van der Waals surface area contributed by atoms with Gasteiger partial charge in [0.25, 0.3) is 0 Å². The maximum absolute atomic E-state index is 9.03. The van der Waals surface area contributed by atoms with E-state index in [0.717, 1.165) is 12.2 Å². The summed E-state index contributed by atoms with van der Waals surface area (Å²) in [7, 11) is 0. The van der Waals surface area contributed by atoms with E-state index in [1.165, 1.54) is 0 Å². The van der Waals surface area contributed by atoms with E-state index in [2.05, 4.69) is 16.8 Å². The van der Waals surface area contributed by atoms with Gasteiger partial charge < -0.3 is 9.67 Å². The Hall–Kier alpha value is -1.16. The zero-order valence-corrected chi connectivity index (χ0v) is 7.14. The van der Waals surface area contributed by atoms with Gasteiger partial charge in [-0.15, -0.1) is 16.8 Å². The Morgan fingerprint density at radius 3 is 3.00 bits per heavy atom. The van der Waals surface area contributed by atoms with Gasteiger partial charge in [0.15, 0.2) is 0 Å². The summed E-state index contributed by atoms with van der Waals surface area (Å²) in [6, 6.07) is 0.0255. The summed E-state index contributed by atoms with van der Waals surface area (Å²) < 4.78 is 1.85. The molecule has 66 valence electrons. The summed E-state index contributed by atoms with van der Waals surface area (Å²) in [5.74, 6) is 0.816. The van der Waals surface area contributed by atoms with E-state index >= 15 is 0 Å². The number of aliphatic hydroxyl groups excluding tert-OH is 1. The van der Waals surface area contributed by atoms with Gasteiger partial charge in [-0.3, -0.25) is 0 Å². The van der Waals surface area contributed by atoms with Crippen LogP contribution < -0.4 is 0 Å². The summed E-state index contributed by atoms with van der Waals surface area (Å²) in [6.07, 6.45) is 4.13. The van der Waals surface area contributed by atoms with Crippen LogP contribution in [-0.2, 0) is 0 Å². The average Bonchev–Trinajstić information content (AvgIpc) is 2.47. The molecule has 1 atom stereocenters. The van der Waals surface area contributed by atoms with Gasteiger partial charge in [-0.25, -0.2) is 0 Å². The molecule has 4 heteroatoms. The molecule has 1 aromatic heterocycles. The van der Waals surface area contributed by atoms with Crippen molar-refractivity contribution in [2.75, 3.05) is 6.61 Å². The summed E-state index contributed by atoms with van der Waals surface area (Å²) in [4.78, 5) is 0. The van der Waals surface area contributed by atoms with E-state index in [-0.39, 0.29) is 12.6 Å². The second-order valence-electron chi connectivity index (χ2n) is 2.65. The van der Waals surface area contributed by atoms with Gasteiger partial charge in [-0.2, -0.15) is 0 Å². The number of aromatic nitrogens is 3. The smallest absolute Gasteiger partial charge is 0.129 e. The standard InChI is InChI=1S/C8H13N3O/c1-3-4-8(5-12)11-6-9-10-7(11)2/h3,6,8,12H,1,4-5H2,2H3. The minimum atomic E-state index is 0.0255. The van der Waals surface area contributed by atoms with Crippen molar-refractivity contribution in [2.45, 2.75) is 19.4 Å². The lowest BCUT2D eigenvalue weighted by Gasteiger charge is -2.13. The van der Waals surface area contributed by atoms with Crippen molar-refractivity contribution in [1.29, 1.82) is 0 Å². The van der Waals surface area contributed by atoms with Crippen molar-refractivity contribution in [1.82, 2.24) is 14.8 Å². The molecule has 1 rings (SSSR count). The van der Waals surface area contributed by atoms with Crippen LogP contribution in [-0.4, -0.2) is 26.5 Å². The normalized spacial score (nSPS) is 12.8. The highest BCUT2D eigenvalue weighted by atomic mass is 16.3. The van der Waals surface area contributed by atoms with Gasteiger partial charge in [0.2, 0.25) is 0 Å². The van der Waals surface area contributed by atoms with Crippen LogP contribution in [0.1, 0.15) is 18.3 Å². The monoisotopic (exact) mass is 167 g/mol. The molecule has 0 fully saturated rings. The van der Waals surface area contributed by atoms with Gasteiger partial charge in [-0.05, 0) is 13.3 Å². The number of aliphatic hydroxyl groups is 1. The number of aryl methyl sites for hydroxylation is 1. The van der Waals surface area contributed by atoms with Crippen LogP contribution in [0.5, 0.6) is 0 Å². The largest absolute Gasteiger partial charge is 0.394 e. The van der Waals surface area contributed by atoms with Crippen LogP contribution in [0.2, 0.25) is 0 Å². The van der Waals surface area contributed by atoms with Crippen molar-refractivity contribution in [3.63, 3.8) is 0 Å². The van der Waals surface area contributed by atoms with E-state index < -0.39 is 0 Å². The first-order valence-electron chi connectivity index (χ1n) is 3.87. The molecule has 0 radical (unpaired) electrons. The molecular weight excluding hydrogens is 154 g/mol. The fourth-order valence-electron chi connectivity index (χ4n) is 1.13. The van der Waals surface area contributed by atoms with Crippen molar-refractivity contribution >= 4 is 0 Å². The number of hydrogen-bond donors (Lipinski definition) is 1. The Labute approximate surface area is 71.6 Å². The zero-order valence-electron chi connectivity index (χ0n) is 7.14. The first-order chi connectivity index (χ1) is 5.79. The fraction of sp³-hybridized carbons (Fsp3) is 0.500. The third-order valence-electron chi connectivity index (χ3n) is 1.80. The molecule has 0 aromatic carbocycles. The van der Waals surface area contributed by atoms with E-state index in [0.29, 0.717) is 0 Å². The first kappa shape index (κ1) is 8.93. The highest BCUT2D eigenvalue weighted by Crippen LogP contribution is 2.11. The predicted molar refractivity (Wildman–Crippen MR) is 45.7 cm³/mol. The third kappa shape index (κ3) is 1.71. The summed E-state index contributed by atoms with van der Waals surface area (Å²) in [5.41, 5.74) is 0. The molecule has 0 spiro atoms. The topological polar surface area (TPSA) is 50.9 Å². The van der Waals surface area contributed by atoms with E-state index in [4.69, 9.17) is 5.11 Å². The fourth-order valence-corrected chi connectivity index (χ4v) is 1.13. The third-order valence-corrected chi connectivity index (χ3v) is 1.80. The minimum Gasteiger partial charge on any atom is -0.394 e. The van der Waals surface area contributed by atoms with Gasteiger partial charge >= 0.3 is 0 Å². The number of nitrogens with zero attached hydrogens (tertiary/aromatic N) is 3. The second kappa shape index (κ2) is 4.01. The van der Waals surface area contributed by atoms with Gasteiger partial charge in [0.05, 0.1) is 12.6 Å². The molecule has 0 aliphatic heterocycles. The van der Waals surface area contributed by atoms with Gasteiger partial charge in [-0.1, -0.05) is 6.08 Å². The Balaban J connectivity index is 2.78. The lowest BCUT2D eigenvalue weighted by molar-refractivity contribution is 0.227. The molecule has 0 amide bonds.